The van der Waals surface area contributed by atoms with Gasteiger partial charge in [-0.2, -0.15) is 4.98 Å². The van der Waals surface area contributed by atoms with Crippen LogP contribution in [0.2, 0.25) is 5.28 Å². The normalized spacial score (nSPS) is 18.1. The predicted octanol–water partition coefficient (Wildman–Crippen LogP) is 2.44. The topological polar surface area (TPSA) is 78.4 Å². The van der Waals surface area contributed by atoms with Crippen molar-refractivity contribution in [1.29, 1.82) is 0 Å². The van der Waals surface area contributed by atoms with Crippen LogP contribution in [-0.4, -0.2) is 40.3 Å². The van der Waals surface area contributed by atoms with Gasteiger partial charge >= 0.3 is 6.09 Å². The number of aromatic nitrogens is 2. The molecule has 1 aromatic carbocycles. The van der Waals surface area contributed by atoms with E-state index >= 15 is 0 Å². The van der Waals surface area contributed by atoms with E-state index in [-0.39, 0.29) is 11.3 Å². The number of carboxylic acid groups (broad SMARTS) is 1. The van der Waals surface area contributed by atoms with E-state index in [1.54, 1.807) is 0 Å². The second kappa shape index (κ2) is 5.46. The third kappa shape index (κ3) is 2.64. The zero-order valence-corrected chi connectivity index (χ0v) is 12.3. The minimum Gasteiger partial charge on any atom is -0.465 e. The maximum Gasteiger partial charge on any atom is 0.413 e. The smallest absolute Gasteiger partial charge is 0.413 e. The maximum absolute atomic E-state index is 11.7. The first-order valence-electron chi connectivity index (χ1n) is 6.73. The van der Waals surface area contributed by atoms with Crippen molar-refractivity contribution in [1.82, 2.24) is 15.3 Å². The van der Waals surface area contributed by atoms with Crippen molar-refractivity contribution in [2.75, 3.05) is 18.0 Å². The Kier molecular flexibility index (Phi) is 3.65. The van der Waals surface area contributed by atoms with Crippen LogP contribution in [0.1, 0.15) is 12.0 Å². The number of rotatable bonds is 2. The van der Waals surface area contributed by atoms with Gasteiger partial charge < -0.3 is 10.4 Å². The lowest BCUT2D eigenvalue weighted by molar-refractivity contribution is 0.199. The van der Waals surface area contributed by atoms with E-state index in [0.717, 1.165) is 18.5 Å². The third-order valence-electron chi connectivity index (χ3n) is 3.64. The molecule has 21 heavy (non-hydrogen) atoms. The quantitative estimate of drug-likeness (QED) is 0.833. The van der Waals surface area contributed by atoms with Crippen LogP contribution in [0.25, 0.3) is 10.9 Å². The highest BCUT2D eigenvalue weighted by molar-refractivity contribution is 6.29. The number of benzene rings is 1. The Morgan fingerprint density at radius 1 is 1.48 bits per heavy atom. The van der Waals surface area contributed by atoms with Crippen LogP contribution in [-0.2, 0) is 0 Å². The summed E-state index contributed by atoms with van der Waals surface area (Å²) < 4.78 is 0. The lowest BCUT2D eigenvalue weighted by Crippen LogP contribution is -2.41. The molecule has 0 spiro atoms. The maximum atomic E-state index is 11.7. The van der Waals surface area contributed by atoms with Crippen molar-refractivity contribution in [3.05, 3.63) is 29.0 Å². The molecule has 0 bridgehead atoms. The summed E-state index contributed by atoms with van der Waals surface area (Å²) in [5, 5.41) is 13.5. The van der Waals surface area contributed by atoms with Crippen LogP contribution in [0.4, 0.5) is 10.6 Å². The Morgan fingerprint density at radius 3 is 2.95 bits per heavy atom. The van der Waals surface area contributed by atoms with Gasteiger partial charge in [-0.3, -0.25) is 4.90 Å². The largest absolute Gasteiger partial charge is 0.465 e. The second-order valence-corrected chi connectivity index (χ2v) is 5.47. The Bertz CT molecular complexity index is 695. The second-order valence-electron chi connectivity index (χ2n) is 5.14. The lowest BCUT2D eigenvalue weighted by atomic mass is 10.1. The van der Waals surface area contributed by atoms with E-state index in [4.69, 9.17) is 11.6 Å². The number of carbonyl (C=O) groups is 1. The zero-order chi connectivity index (χ0) is 15.0. The Balaban J connectivity index is 2.18. The van der Waals surface area contributed by atoms with Crippen molar-refractivity contribution in [2.24, 2.45) is 0 Å². The van der Waals surface area contributed by atoms with Gasteiger partial charge in [0.05, 0.1) is 11.6 Å². The molecule has 0 aliphatic carbocycles. The van der Waals surface area contributed by atoms with Gasteiger partial charge in [-0.1, -0.05) is 6.07 Å². The molecule has 0 radical (unpaired) electrons. The minimum atomic E-state index is -1.03. The van der Waals surface area contributed by atoms with E-state index in [2.05, 4.69) is 15.3 Å². The fourth-order valence-electron chi connectivity index (χ4n) is 2.66. The number of amides is 1. The lowest BCUT2D eigenvalue weighted by Gasteiger charge is -2.25. The molecule has 110 valence electrons. The van der Waals surface area contributed by atoms with Gasteiger partial charge in [-0.05, 0) is 49.2 Å². The van der Waals surface area contributed by atoms with Crippen molar-refractivity contribution in [3.8, 4) is 0 Å². The molecule has 1 atom stereocenters. The molecule has 1 aliphatic rings. The molecule has 7 heteroatoms. The molecule has 3 rings (SSSR count). The van der Waals surface area contributed by atoms with Crippen LogP contribution in [0.3, 0.4) is 0 Å². The molecule has 0 saturated carbocycles. The number of nitrogens with one attached hydrogen (secondary N) is 1. The van der Waals surface area contributed by atoms with E-state index in [9.17, 15) is 9.90 Å². The zero-order valence-electron chi connectivity index (χ0n) is 11.5. The Hall–Kier alpha value is -1.92. The SMILES string of the molecule is Cc1ccc2c(N(C(=O)O)C3CCNC3)nc(Cl)nc2c1. The first kappa shape index (κ1) is 14.0. The summed E-state index contributed by atoms with van der Waals surface area (Å²) in [5.41, 5.74) is 1.69. The number of hydrogen-bond acceptors (Lipinski definition) is 4. The summed E-state index contributed by atoms with van der Waals surface area (Å²) in [4.78, 5) is 21.4. The number of fused-ring (bicyclic) bond motifs is 1. The van der Waals surface area contributed by atoms with E-state index < -0.39 is 6.09 Å². The molecule has 2 N–H and O–H groups in total. The Labute approximate surface area is 126 Å². The van der Waals surface area contributed by atoms with Crippen LogP contribution >= 0.6 is 11.6 Å². The molecule has 1 saturated heterocycles. The number of hydrogen-bond donors (Lipinski definition) is 2. The fourth-order valence-corrected chi connectivity index (χ4v) is 2.83. The number of anilines is 1. The molecule has 2 aromatic rings. The number of aryl methyl sites for hydroxylation is 1. The monoisotopic (exact) mass is 306 g/mol. The van der Waals surface area contributed by atoms with Gasteiger partial charge in [0.25, 0.3) is 0 Å². The highest BCUT2D eigenvalue weighted by atomic mass is 35.5. The number of halogens is 1. The summed E-state index contributed by atoms with van der Waals surface area (Å²) >= 11 is 5.97. The van der Waals surface area contributed by atoms with Gasteiger partial charge in [-0.15, -0.1) is 0 Å². The predicted molar refractivity (Wildman–Crippen MR) is 81.1 cm³/mol. The van der Waals surface area contributed by atoms with Crippen molar-refractivity contribution >= 4 is 34.4 Å². The first-order valence-corrected chi connectivity index (χ1v) is 7.11. The standard InChI is InChI=1S/C14H15ClN4O2/c1-8-2-3-10-11(6-8)17-13(15)18-12(10)19(14(20)21)9-4-5-16-7-9/h2-3,6,9,16H,4-5,7H2,1H3,(H,20,21). The molecular formula is C14H15ClN4O2. The summed E-state index contributed by atoms with van der Waals surface area (Å²) in [6.45, 7) is 3.36. The molecule has 1 fully saturated rings. The van der Waals surface area contributed by atoms with Gasteiger partial charge in [0.1, 0.15) is 0 Å². The van der Waals surface area contributed by atoms with Crippen LogP contribution in [0.5, 0.6) is 0 Å². The van der Waals surface area contributed by atoms with Crippen LogP contribution in [0.15, 0.2) is 18.2 Å². The van der Waals surface area contributed by atoms with Gasteiger partial charge in [0, 0.05) is 11.9 Å². The average molecular weight is 307 g/mol. The number of nitrogens with zero attached hydrogens (tertiary/aromatic N) is 3. The highest BCUT2D eigenvalue weighted by Crippen LogP contribution is 2.29. The van der Waals surface area contributed by atoms with Gasteiger partial charge in [0.2, 0.25) is 5.28 Å². The molecule has 1 amide bonds. The van der Waals surface area contributed by atoms with Crippen molar-refractivity contribution < 1.29 is 9.90 Å². The Morgan fingerprint density at radius 2 is 2.29 bits per heavy atom. The fraction of sp³-hybridized carbons (Fsp3) is 0.357. The van der Waals surface area contributed by atoms with Crippen molar-refractivity contribution in [3.63, 3.8) is 0 Å². The summed E-state index contributed by atoms with van der Waals surface area (Å²) in [6, 6.07) is 5.49. The van der Waals surface area contributed by atoms with Crippen LogP contribution < -0.4 is 10.2 Å². The molecule has 1 unspecified atom stereocenters. The summed E-state index contributed by atoms with van der Waals surface area (Å²) in [7, 11) is 0. The molecule has 1 aliphatic heterocycles. The molecule has 1 aromatic heterocycles. The average Bonchev–Trinajstić information content (AvgIpc) is 2.91. The third-order valence-corrected chi connectivity index (χ3v) is 3.81. The molecule has 6 nitrogen and oxygen atoms in total. The highest BCUT2D eigenvalue weighted by Gasteiger charge is 2.30. The van der Waals surface area contributed by atoms with Gasteiger partial charge in [-0.25, -0.2) is 9.78 Å². The van der Waals surface area contributed by atoms with E-state index in [1.165, 1.54) is 4.90 Å². The van der Waals surface area contributed by atoms with Crippen molar-refractivity contribution in [2.45, 2.75) is 19.4 Å². The van der Waals surface area contributed by atoms with E-state index in [1.807, 2.05) is 25.1 Å². The van der Waals surface area contributed by atoms with Gasteiger partial charge in [0.15, 0.2) is 5.82 Å². The summed E-state index contributed by atoms with van der Waals surface area (Å²) in [6.07, 6.45) is -0.276. The minimum absolute atomic E-state index is 0.0558. The molecule has 2 heterocycles. The molecular weight excluding hydrogens is 292 g/mol. The van der Waals surface area contributed by atoms with E-state index in [0.29, 0.717) is 23.3 Å². The first-order chi connectivity index (χ1) is 10.1. The van der Waals surface area contributed by atoms with Crippen LogP contribution in [0, 0.1) is 6.92 Å². The summed E-state index contributed by atoms with van der Waals surface area (Å²) in [5.74, 6) is 0.353.